The van der Waals surface area contributed by atoms with Gasteiger partial charge in [-0.1, -0.05) is 33.1 Å². The van der Waals surface area contributed by atoms with Gasteiger partial charge in [0, 0.05) is 19.1 Å². The number of amides is 1. The molecule has 3 nitrogen and oxygen atoms in total. The van der Waals surface area contributed by atoms with Gasteiger partial charge in [0.25, 0.3) is 0 Å². The molecule has 1 aliphatic carbocycles. The molecule has 2 rings (SSSR count). The van der Waals surface area contributed by atoms with Crippen molar-refractivity contribution in [2.75, 3.05) is 13.1 Å². The van der Waals surface area contributed by atoms with E-state index in [1.807, 2.05) is 6.92 Å². The predicted octanol–water partition coefficient (Wildman–Crippen LogP) is 2.17. The van der Waals surface area contributed by atoms with Crippen molar-refractivity contribution >= 4 is 5.91 Å². The molecule has 0 aromatic heterocycles. The molecule has 2 fully saturated rings. The minimum atomic E-state index is -0.0151. The maximum atomic E-state index is 12.4. The lowest BCUT2D eigenvalue weighted by Crippen LogP contribution is -2.48. The standard InChI is InChI=1S/C14H26N2O/c1-11-13(17)16(10-14(2,3)9-15-11)12-7-5-4-6-8-12/h11-12,15H,4-10H2,1-3H3. The van der Waals surface area contributed by atoms with E-state index in [1.165, 1.54) is 32.1 Å². The van der Waals surface area contributed by atoms with E-state index in [0.29, 0.717) is 11.9 Å². The molecule has 1 amide bonds. The molecule has 0 aromatic rings. The SMILES string of the molecule is CC1NCC(C)(C)CN(C2CCCCC2)C1=O. The van der Waals surface area contributed by atoms with Crippen LogP contribution in [0.25, 0.3) is 0 Å². The molecule has 1 heterocycles. The van der Waals surface area contributed by atoms with Gasteiger partial charge in [-0.05, 0) is 25.2 Å². The second-order valence-corrected chi connectivity index (χ2v) is 6.52. The fourth-order valence-corrected chi connectivity index (χ4v) is 3.06. The van der Waals surface area contributed by atoms with Crippen LogP contribution in [0.1, 0.15) is 52.9 Å². The van der Waals surface area contributed by atoms with Gasteiger partial charge in [-0.3, -0.25) is 4.79 Å². The average molecular weight is 238 g/mol. The van der Waals surface area contributed by atoms with Crippen LogP contribution in [0.15, 0.2) is 0 Å². The lowest BCUT2D eigenvalue weighted by Gasteiger charge is -2.37. The summed E-state index contributed by atoms with van der Waals surface area (Å²) in [5, 5.41) is 3.36. The monoisotopic (exact) mass is 238 g/mol. The van der Waals surface area contributed by atoms with E-state index in [0.717, 1.165) is 13.1 Å². The van der Waals surface area contributed by atoms with Gasteiger partial charge >= 0.3 is 0 Å². The van der Waals surface area contributed by atoms with Crippen LogP contribution in [0, 0.1) is 5.41 Å². The highest BCUT2D eigenvalue weighted by Gasteiger charge is 2.36. The third kappa shape index (κ3) is 3.01. The van der Waals surface area contributed by atoms with Crippen molar-refractivity contribution in [2.24, 2.45) is 5.41 Å². The third-order valence-electron chi connectivity index (χ3n) is 4.15. The molecule has 1 saturated carbocycles. The van der Waals surface area contributed by atoms with Gasteiger partial charge in [0.15, 0.2) is 0 Å². The van der Waals surface area contributed by atoms with Crippen LogP contribution in [0.2, 0.25) is 0 Å². The number of carbonyl (C=O) groups excluding carboxylic acids is 1. The van der Waals surface area contributed by atoms with Crippen LogP contribution < -0.4 is 5.32 Å². The van der Waals surface area contributed by atoms with Gasteiger partial charge in [-0.25, -0.2) is 0 Å². The quantitative estimate of drug-likeness (QED) is 0.759. The number of hydrogen-bond acceptors (Lipinski definition) is 2. The Labute approximate surface area is 105 Å². The molecular weight excluding hydrogens is 212 g/mol. The van der Waals surface area contributed by atoms with Gasteiger partial charge < -0.3 is 10.2 Å². The molecule has 1 unspecified atom stereocenters. The summed E-state index contributed by atoms with van der Waals surface area (Å²) >= 11 is 0. The Bertz CT molecular complexity index is 282. The average Bonchev–Trinajstić information content (AvgIpc) is 2.42. The number of nitrogens with zero attached hydrogens (tertiary/aromatic N) is 1. The first-order valence-corrected chi connectivity index (χ1v) is 7.03. The number of carbonyl (C=O) groups is 1. The van der Waals surface area contributed by atoms with Gasteiger partial charge in [0.1, 0.15) is 0 Å². The molecule has 0 aromatic carbocycles. The lowest BCUT2D eigenvalue weighted by molar-refractivity contribution is -0.136. The van der Waals surface area contributed by atoms with Gasteiger partial charge in [0.05, 0.1) is 6.04 Å². The Morgan fingerprint density at radius 1 is 1.24 bits per heavy atom. The van der Waals surface area contributed by atoms with Gasteiger partial charge in [-0.2, -0.15) is 0 Å². The molecule has 98 valence electrons. The molecule has 3 heteroatoms. The number of nitrogens with one attached hydrogen (secondary N) is 1. The molecule has 1 atom stereocenters. The zero-order valence-corrected chi connectivity index (χ0v) is 11.5. The molecular formula is C14H26N2O. The van der Waals surface area contributed by atoms with Crippen molar-refractivity contribution < 1.29 is 4.79 Å². The van der Waals surface area contributed by atoms with E-state index < -0.39 is 0 Å². The third-order valence-corrected chi connectivity index (χ3v) is 4.15. The highest BCUT2D eigenvalue weighted by atomic mass is 16.2. The summed E-state index contributed by atoms with van der Waals surface area (Å²) in [5.41, 5.74) is 0.192. The number of rotatable bonds is 1. The molecule has 2 aliphatic rings. The predicted molar refractivity (Wildman–Crippen MR) is 69.8 cm³/mol. The summed E-state index contributed by atoms with van der Waals surface area (Å²) in [4.78, 5) is 14.6. The largest absolute Gasteiger partial charge is 0.338 e. The van der Waals surface area contributed by atoms with Crippen molar-refractivity contribution in [3.05, 3.63) is 0 Å². The van der Waals surface area contributed by atoms with Crippen molar-refractivity contribution in [1.29, 1.82) is 0 Å². The zero-order chi connectivity index (χ0) is 12.5. The summed E-state index contributed by atoms with van der Waals surface area (Å²) in [6.07, 6.45) is 6.33. The summed E-state index contributed by atoms with van der Waals surface area (Å²) in [5.74, 6) is 0.308. The highest BCUT2D eigenvalue weighted by Crippen LogP contribution is 2.28. The molecule has 0 radical (unpaired) electrons. The van der Waals surface area contributed by atoms with E-state index in [2.05, 4.69) is 24.1 Å². The van der Waals surface area contributed by atoms with Crippen molar-refractivity contribution in [2.45, 2.75) is 65.0 Å². The molecule has 0 spiro atoms. The smallest absolute Gasteiger partial charge is 0.239 e. The minimum absolute atomic E-state index is 0.0151. The maximum absolute atomic E-state index is 12.4. The summed E-state index contributed by atoms with van der Waals surface area (Å²) < 4.78 is 0. The molecule has 17 heavy (non-hydrogen) atoms. The van der Waals surface area contributed by atoms with Gasteiger partial charge in [0.2, 0.25) is 5.91 Å². The number of hydrogen-bond donors (Lipinski definition) is 1. The summed E-state index contributed by atoms with van der Waals surface area (Å²) in [6, 6.07) is 0.483. The van der Waals surface area contributed by atoms with E-state index in [-0.39, 0.29) is 11.5 Å². The zero-order valence-electron chi connectivity index (χ0n) is 11.5. The van der Waals surface area contributed by atoms with Crippen LogP contribution in [0.5, 0.6) is 0 Å². The summed E-state index contributed by atoms with van der Waals surface area (Å²) in [7, 11) is 0. The fraction of sp³-hybridized carbons (Fsp3) is 0.929. The highest BCUT2D eigenvalue weighted by molar-refractivity contribution is 5.82. The Balaban J connectivity index is 2.12. The van der Waals surface area contributed by atoms with E-state index in [1.54, 1.807) is 0 Å². The second-order valence-electron chi connectivity index (χ2n) is 6.52. The molecule has 1 N–H and O–H groups in total. The van der Waals surface area contributed by atoms with E-state index in [4.69, 9.17) is 0 Å². The van der Waals surface area contributed by atoms with Crippen LogP contribution in [-0.2, 0) is 4.79 Å². The first-order valence-electron chi connectivity index (χ1n) is 7.03. The van der Waals surface area contributed by atoms with Crippen molar-refractivity contribution in [3.63, 3.8) is 0 Å². The van der Waals surface area contributed by atoms with Crippen LogP contribution in [0.3, 0.4) is 0 Å². The first kappa shape index (κ1) is 12.9. The van der Waals surface area contributed by atoms with Crippen LogP contribution in [-0.4, -0.2) is 36.0 Å². The Kier molecular flexibility index (Phi) is 3.76. The summed E-state index contributed by atoms with van der Waals surface area (Å²) in [6.45, 7) is 8.35. The van der Waals surface area contributed by atoms with Crippen molar-refractivity contribution in [3.8, 4) is 0 Å². The van der Waals surface area contributed by atoms with Gasteiger partial charge in [-0.15, -0.1) is 0 Å². The van der Waals surface area contributed by atoms with Crippen molar-refractivity contribution in [1.82, 2.24) is 10.2 Å². The molecule has 1 aliphatic heterocycles. The van der Waals surface area contributed by atoms with Crippen LogP contribution >= 0.6 is 0 Å². The first-order chi connectivity index (χ1) is 7.99. The Hall–Kier alpha value is -0.570. The fourth-order valence-electron chi connectivity index (χ4n) is 3.06. The van der Waals surface area contributed by atoms with Crippen LogP contribution in [0.4, 0.5) is 0 Å². The Morgan fingerprint density at radius 3 is 2.53 bits per heavy atom. The van der Waals surface area contributed by atoms with E-state index in [9.17, 15) is 4.79 Å². The topological polar surface area (TPSA) is 32.3 Å². The normalized spacial score (nSPS) is 31.4. The Morgan fingerprint density at radius 2 is 1.88 bits per heavy atom. The molecule has 1 saturated heterocycles. The minimum Gasteiger partial charge on any atom is -0.338 e. The maximum Gasteiger partial charge on any atom is 0.239 e. The molecule has 0 bridgehead atoms. The second kappa shape index (κ2) is 4.97. The lowest BCUT2D eigenvalue weighted by atomic mass is 9.89. The van der Waals surface area contributed by atoms with E-state index >= 15 is 0 Å².